The second kappa shape index (κ2) is 5.00. The highest BCUT2D eigenvalue weighted by Gasteiger charge is 2.30. The summed E-state index contributed by atoms with van der Waals surface area (Å²) < 4.78 is 1.06. The summed E-state index contributed by atoms with van der Waals surface area (Å²) in [6, 6.07) is 2.23. The first-order valence-electron chi connectivity index (χ1n) is 6.51. The number of hydrogen-bond donors (Lipinski definition) is 1. The molecule has 1 N–H and O–H groups in total. The molecule has 0 amide bonds. The van der Waals surface area contributed by atoms with Crippen LogP contribution in [0.25, 0.3) is 0 Å². The Hall–Kier alpha value is -0.290. The predicted octanol–water partition coefficient (Wildman–Crippen LogP) is 3.67. The fraction of sp³-hybridized carbons (Fsp3) is 0.600. The van der Waals surface area contributed by atoms with E-state index >= 15 is 0 Å². The molecule has 0 aromatic heterocycles. The van der Waals surface area contributed by atoms with Gasteiger partial charge in [0.1, 0.15) is 5.75 Å². The van der Waals surface area contributed by atoms with Gasteiger partial charge in [0, 0.05) is 12.1 Å². The average molecular weight is 359 g/mol. The summed E-state index contributed by atoms with van der Waals surface area (Å²) in [4.78, 5) is 2.10. The maximum atomic E-state index is 10.3. The van der Waals surface area contributed by atoms with E-state index in [9.17, 15) is 5.11 Å². The molecule has 1 aromatic carbocycles. The van der Waals surface area contributed by atoms with Crippen LogP contribution in [0.2, 0.25) is 0 Å². The number of nitrogens with zero attached hydrogens (tertiary/aromatic N) is 1. The van der Waals surface area contributed by atoms with Gasteiger partial charge in [-0.15, -0.1) is 0 Å². The van der Waals surface area contributed by atoms with Gasteiger partial charge in [0.2, 0.25) is 0 Å². The van der Waals surface area contributed by atoms with Crippen molar-refractivity contribution in [3.8, 4) is 5.75 Å². The molecule has 1 aromatic rings. The highest BCUT2D eigenvalue weighted by molar-refractivity contribution is 14.1. The fourth-order valence-electron chi connectivity index (χ4n) is 2.88. The van der Waals surface area contributed by atoms with Crippen LogP contribution in [0.3, 0.4) is 0 Å². The van der Waals surface area contributed by atoms with Gasteiger partial charge >= 0.3 is 0 Å². The third-order valence-electron chi connectivity index (χ3n) is 3.86. The lowest BCUT2D eigenvalue weighted by Crippen LogP contribution is -2.25. The second-order valence-electron chi connectivity index (χ2n) is 6.20. The van der Waals surface area contributed by atoms with Crippen LogP contribution in [0.4, 0.5) is 0 Å². The number of benzene rings is 1. The normalized spacial score (nSPS) is 17.9. The van der Waals surface area contributed by atoms with Crippen LogP contribution in [0.1, 0.15) is 43.4 Å². The molecule has 0 heterocycles. The fourth-order valence-corrected chi connectivity index (χ4v) is 3.79. The molecule has 3 heteroatoms. The van der Waals surface area contributed by atoms with Crippen molar-refractivity contribution in [2.24, 2.45) is 0 Å². The van der Waals surface area contributed by atoms with Gasteiger partial charge < -0.3 is 10.0 Å². The van der Waals surface area contributed by atoms with Gasteiger partial charge in [-0.1, -0.05) is 13.8 Å². The van der Waals surface area contributed by atoms with Gasteiger partial charge in [0.15, 0.2) is 0 Å². The first-order chi connectivity index (χ1) is 8.33. The number of hydrogen-bond acceptors (Lipinski definition) is 2. The highest BCUT2D eigenvalue weighted by Crippen LogP contribution is 2.42. The quantitative estimate of drug-likeness (QED) is 0.815. The molecule has 2 rings (SSSR count). The monoisotopic (exact) mass is 359 g/mol. The first-order valence-corrected chi connectivity index (χ1v) is 7.59. The van der Waals surface area contributed by atoms with Crippen molar-refractivity contribution in [3.63, 3.8) is 0 Å². The van der Waals surface area contributed by atoms with Gasteiger partial charge in [-0.3, -0.25) is 0 Å². The van der Waals surface area contributed by atoms with Crippen molar-refractivity contribution in [2.45, 2.75) is 45.1 Å². The zero-order chi connectivity index (χ0) is 13.5. The molecule has 1 aliphatic carbocycles. The molecule has 0 radical (unpaired) electrons. The van der Waals surface area contributed by atoms with Crippen LogP contribution in [0, 0.1) is 3.57 Å². The molecule has 0 saturated carbocycles. The molecule has 1 aliphatic rings. The Morgan fingerprint density at radius 2 is 2.06 bits per heavy atom. The third-order valence-corrected chi connectivity index (χ3v) is 5.03. The van der Waals surface area contributed by atoms with E-state index in [1.54, 1.807) is 0 Å². The Kier molecular flexibility index (Phi) is 3.93. The Labute approximate surface area is 124 Å². The minimum Gasteiger partial charge on any atom is -0.506 e. The summed E-state index contributed by atoms with van der Waals surface area (Å²) in [6.45, 7) is 5.43. The van der Waals surface area contributed by atoms with E-state index in [0.29, 0.717) is 5.75 Å². The molecule has 18 heavy (non-hydrogen) atoms. The van der Waals surface area contributed by atoms with Crippen molar-refractivity contribution in [2.75, 3.05) is 14.1 Å². The summed E-state index contributed by atoms with van der Waals surface area (Å²) in [5.41, 5.74) is 4.10. The van der Waals surface area contributed by atoms with Crippen LogP contribution in [-0.2, 0) is 18.4 Å². The maximum absolute atomic E-state index is 10.3. The number of phenolic OH excluding ortho intramolecular Hbond substituents is 1. The molecule has 100 valence electrons. The van der Waals surface area contributed by atoms with E-state index in [0.717, 1.165) is 22.1 Å². The smallest absolute Gasteiger partial charge is 0.133 e. The van der Waals surface area contributed by atoms with Crippen molar-refractivity contribution in [3.05, 3.63) is 26.3 Å². The zero-order valence-electron chi connectivity index (χ0n) is 11.7. The largest absolute Gasteiger partial charge is 0.506 e. The van der Waals surface area contributed by atoms with Crippen molar-refractivity contribution in [1.29, 1.82) is 0 Å². The predicted molar refractivity (Wildman–Crippen MR) is 84.2 cm³/mol. The van der Waals surface area contributed by atoms with Crippen LogP contribution in [0.15, 0.2) is 6.07 Å². The lowest BCUT2D eigenvalue weighted by atomic mass is 9.72. The molecular formula is C15H22INO. The first kappa shape index (κ1) is 14.1. The summed E-state index contributed by atoms with van der Waals surface area (Å²) in [6.07, 6.45) is 3.57. The third kappa shape index (κ3) is 2.52. The molecule has 0 saturated heterocycles. The number of rotatable bonds is 2. The molecule has 0 fully saturated rings. The van der Waals surface area contributed by atoms with Crippen molar-refractivity contribution < 1.29 is 5.11 Å². The van der Waals surface area contributed by atoms with Crippen molar-refractivity contribution in [1.82, 2.24) is 4.90 Å². The van der Waals surface area contributed by atoms with E-state index < -0.39 is 0 Å². The average Bonchev–Trinajstić information content (AvgIpc) is 2.26. The molecule has 0 atom stereocenters. The van der Waals surface area contributed by atoms with E-state index in [-0.39, 0.29) is 5.41 Å². The Morgan fingerprint density at radius 3 is 2.67 bits per heavy atom. The van der Waals surface area contributed by atoms with Gasteiger partial charge in [0.25, 0.3) is 0 Å². The molecule has 2 nitrogen and oxygen atoms in total. The van der Waals surface area contributed by atoms with E-state index in [2.05, 4.69) is 47.4 Å². The number of phenols is 1. The van der Waals surface area contributed by atoms with Crippen LogP contribution < -0.4 is 0 Å². The van der Waals surface area contributed by atoms with Gasteiger partial charge in [-0.2, -0.15) is 0 Å². The van der Waals surface area contributed by atoms with E-state index in [1.165, 1.54) is 24.0 Å². The van der Waals surface area contributed by atoms with Crippen molar-refractivity contribution >= 4 is 22.6 Å². The Bertz CT molecular complexity index is 466. The van der Waals surface area contributed by atoms with Gasteiger partial charge in [0.05, 0.1) is 3.57 Å². The SMILES string of the molecule is CN(C)Cc1cc2c(c(I)c1O)CCCC2(C)C. The molecule has 0 unspecified atom stereocenters. The van der Waals surface area contributed by atoms with Gasteiger partial charge in [-0.25, -0.2) is 0 Å². The minimum atomic E-state index is 0.238. The van der Waals surface area contributed by atoms with Crippen LogP contribution in [-0.4, -0.2) is 24.1 Å². The minimum absolute atomic E-state index is 0.238. The number of aromatic hydroxyl groups is 1. The standard InChI is InChI=1S/C15H22INO/c1-15(2)7-5-6-11-12(15)8-10(9-17(3)4)14(18)13(11)16/h8,18H,5-7,9H2,1-4H3. The zero-order valence-corrected chi connectivity index (χ0v) is 13.8. The molecule has 0 bridgehead atoms. The summed E-state index contributed by atoms with van der Waals surface area (Å²) >= 11 is 2.31. The molecule has 0 aliphatic heterocycles. The summed E-state index contributed by atoms with van der Waals surface area (Å²) in [5.74, 6) is 0.487. The summed E-state index contributed by atoms with van der Waals surface area (Å²) in [7, 11) is 4.08. The number of fused-ring (bicyclic) bond motifs is 1. The van der Waals surface area contributed by atoms with Gasteiger partial charge in [-0.05, 0) is 78.6 Å². The topological polar surface area (TPSA) is 23.5 Å². The Morgan fingerprint density at radius 1 is 1.39 bits per heavy atom. The second-order valence-corrected chi connectivity index (χ2v) is 7.28. The lowest BCUT2D eigenvalue weighted by Gasteiger charge is -2.34. The van der Waals surface area contributed by atoms with E-state index in [1.807, 2.05) is 14.1 Å². The Balaban J connectivity index is 2.57. The highest BCUT2D eigenvalue weighted by atomic mass is 127. The van der Waals surface area contributed by atoms with Crippen LogP contribution in [0.5, 0.6) is 5.75 Å². The molecular weight excluding hydrogens is 337 g/mol. The van der Waals surface area contributed by atoms with E-state index in [4.69, 9.17) is 0 Å². The summed E-state index contributed by atoms with van der Waals surface area (Å²) in [5, 5.41) is 10.3. The molecule has 0 spiro atoms. The van der Waals surface area contributed by atoms with Crippen LogP contribution >= 0.6 is 22.6 Å². The number of halogens is 1. The maximum Gasteiger partial charge on any atom is 0.133 e. The lowest BCUT2D eigenvalue weighted by molar-refractivity contribution is 0.379.